The Hall–Kier alpha value is -0.970. The standard InChI is InChI=1S/C9H13NO/c1-9(11)10-7-5-3-2-4-6-8-10/h3,5-8H2,1H3. The topological polar surface area (TPSA) is 20.3 Å². The first-order chi connectivity index (χ1) is 5.30. The van der Waals surface area contributed by atoms with Gasteiger partial charge < -0.3 is 4.90 Å². The Morgan fingerprint density at radius 3 is 2.73 bits per heavy atom. The van der Waals surface area contributed by atoms with Gasteiger partial charge in [-0.25, -0.2) is 0 Å². The molecule has 2 nitrogen and oxygen atoms in total. The summed E-state index contributed by atoms with van der Waals surface area (Å²) < 4.78 is 0. The molecule has 60 valence electrons. The lowest BCUT2D eigenvalue weighted by atomic mass is 10.2. The molecular weight excluding hydrogens is 138 g/mol. The van der Waals surface area contributed by atoms with Crippen molar-refractivity contribution in [3.63, 3.8) is 0 Å². The number of nitrogens with zero attached hydrogens (tertiary/aromatic N) is 1. The predicted octanol–water partition coefficient (Wildman–Crippen LogP) is 1.02. The molecule has 1 amide bonds. The minimum Gasteiger partial charge on any atom is -0.342 e. The Labute approximate surface area is 67.6 Å². The first-order valence-electron chi connectivity index (χ1n) is 4.02. The Balaban J connectivity index is 2.45. The summed E-state index contributed by atoms with van der Waals surface area (Å²) in [5.41, 5.74) is 0. The first kappa shape index (κ1) is 8.13. The maximum absolute atomic E-state index is 10.9. The van der Waals surface area contributed by atoms with Crippen molar-refractivity contribution in [3.05, 3.63) is 0 Å². The van der Waals surface area contributed by atoms with Crippen molar-refractivity contribution in [3.8, 4) is 11.8 Å². The van der Waals surface area contributed by atoms with Crippen LogP contribution in [0.15, 0.2) is 0 Å². The lowest BCUT2D eigenvalue weighted by molar-refractivity contribution is -0.128. The van der Waals surface area contributed by atoms with Crippen molar-refractivity contribution >= 4 is 5.91 Å². The molecule has 1 aliphatic rings. The summed E-state index contributed by atoms with van der Waals surface area (Å²) in [6.45, 7) is 3.31. The normalized spacial score (nSPS) is 17.7. The van der Waals surface area contributed by atoms with E-state index in [0.717, 1.165) is 32.4 Å². The SMILES string of the molecule is CC(=O)N1CCC#CCCC1. The van der Waals surface area contributed by atoms with Crippen LogP contribution in [0.5, 0.6) is 0 Å². The van der Waals surface area contributed by atoms with Crippen molar-refractivity contribution in [2.75, 3.05) is 13.1 Å². The second-order valence-corrected chi connectivity index (χ2v) is 2.71. The van der Waals surface area contributed by atoms with Gasteiger partial charge in [-0.1, -0.05) is 0 Å². The van der Waals surface area contributed by atoms with E-state index in [0.29, 0.717) is 0 Å². The molecule has 0 fully saturated rings. The van der Waals surface area contributed by atoms with Crippen LogP contribution >= 0.6 is 0 Å². The maximum atomic E-state index is 10.9. The highest BCUT2D eigenvalue weighted by molar-refractivity contribution is 5.73. The van der Waals surface area contributed by atoms with Crippen LogP contribution in [0.1, 0.15) is 26.2 Å². The fraction of sp³-hybridized carbons (Fsp3) is 0.667. The van der Waals surface area contributed by atoms with E-state index in [1.807, 2.05) is 4.90 Å². The van der Waals surface area contributed by atoms with Gasteiger partial charge in [0.1, 0.15) is 0 Å². The average Bonchev–Trinajstić information content (AvgIpc) is 1.84. The van der Waals surface area contributed by atoms with Crippen molar-refractivity contribution in [1.29, 1.82) is 0 Å². The highest BCUT2D eigenvalue weighted by Gasteiger charge is 2.07. The Morgan fingerprint density at radius 2 is 2.00 bits per heavy atom. The Kier molecular flexibility index (Phi) is 2.97. The van der Waals surface area contributed by atoms with Gasteiger partial charge in [0, 0.05) is 32.9 Å². The summed E-state index contributed by atoms with van der Waals surface area (Å²) >= 11 is 0. The van der Waals surface area contributed by atoms with Gasteiger partial charge in [0.05, 0.1) is 0 Å². The molecule has 0 saturated heterocycles. The van der Waals surface area contributed by atoms with Crippen molar-refractivity contribution in [1.82, 2.24) is 4.90 Å². The molecule has 0 radical (unpaired) electrons. The molecule has 0 aliphatic carbocycles. The molecule has 0 atom stereocenters. The van der Waals surface area contributed by atoms with E-state index in [4.69, 9.17) is 0 Å². The third-order valence-corrected chi connectivity index (χ3v) is 1.81. The number of carbonyl (C=O) groups excluding carboxylic acids is 1. The van der Waals surface area contributed by atoms with Crippen LogP contribution in [0.25, 0.3) is 0 Å². The molecule has 11 heavy (non-hydrogen) atoms. The summed E-state index contributed by atoms with van der Waals surface area (Å²) in [6.07, 6.45) is 2.79. The first-order valence-corrected chi connectivity index (χ1v) is 4.02. The van der Waals surface area contributed by atoms with Crippen LogP contribution in [-0.2, 0) is 4.79 Å². The van der Waals surface area contributed by atoms with Gasteiger partial charge in [0.2, 0.25) is 5.91 Å². The quantitative estimate of drug-likeness (QED) is 0.473. The van der Waals surface area contributed by atoms with E-state index >= 15 is 0 Å². The van der Waals surface area contributed by atoms with Crippen LogP contribution in [-0.4, -0.2) is 23.9 Å². The lowest BCUT2D eigenvalue weighted by Crippen LogP contribution is -2.31. The van der Waals surface area contributed by atoms with Gasteiger partial charge in [-0.2, -0.15) is 0 Å². The van der Waals surface area contributed by atoms with Gasteiger partial charge in [-0.05, 0) is 6.42 Å². The minimum atomic E-state index is 0.175. The summed E-state index contributed by atoms with van der Waals surface area (Å²) in [4.78, 5) is 12.8. The zero-order chi connectivity index (χ0) is 8.10. The second-order valence-electron chi connectivity index (χ2n) is 2.71. The van der Waals surface area contributed by atoms with Gasteiger partial charge in [-0.3, -0.25) is 4.79 Å². The van der Waals surface area contributed by atoms with E-state index in [-0.39, 0.29) is 5.91 Å². The monoisotopic (exact) mass is 151 g/mol. The van der Waals surface area contributed by atoms with Gasteiger partial charge in [-0.15, -0.1) is 11.8 Å². The number of carbonyl (C=O) groups is 1. The summed E-state index contributed by atoms with van der Waals surface area (Å²) in [6, 6.07) is 0. The van der Waals surface area contributed by atoms with Crippen LogP contribution < -0.4 is 0 Å². The summed E-state index contributed by atoms with van der Waals surface area (Å²) in [5, 5.41) is 0. The number of amides is 1. The molecule has 0 aromatic carbocycles. The van der Waals surface area contributed by atoms with Crippen LogP contribution in [0, 0.1) is 11.8 Å². The van der Waals surface area contributed by atoms with E-state index in [1.165, 1.54) is 0 Å². The van der Waals surface area contributed by atoms with E-state index in [1.54, 1.807) is 6.92 Å². The van der Waals surface area contributed by atoms with Crippen LogP contribution in [0.3, 0.4) is 0 Å². The lowest BCUT2D eigenvalue weighted by Gasteiger charge is -2.20. The number of rotatable bonds is 0. The molecule has 0 aromatic rings. The fourth-order valence-electron chi connectivity index (χ4n) is 1.15. The molecule has 0 saturated carbocycles. The zero-order valence-corrected chi connectivity index (χ0v) is 6.89. The van der Waals surface area contributed by atoms with Gasteiger partial charge in [0.25, 0.3) is 0 Å². The molecule has 0 aromatic heterocycles. The summed E-state index contributed by atoms with van der Waals surface area (Å²) in [5.74, 6) is 6.26. The molecule has 2 heteroatoms. The maximum Gasteiger partial charge on any atom is 0.219 e. The molecule has 1 aliphatic heterocycles. The molecular formula is C9H13NO. The largest absolute Gasteiger partial charge is 0.342 e. The number of hydrogen-bond acceptors (Lipinski definition) is 1. The second kappa shape index (κ2) is 4.02. The molecule has 1 rings (SSSR count). The van der Waals surface area contributed by atoms with E-state index < -0.39 is 0 Å². The number of hydrogen-bond donors (Lipinski definition) is 0. The Morgan fingerprint density at radius 1 is 1.27 bits per heavy atom. The highest BCUT2D eigenvalue weighted by atomic mass is 16.2. The third kappa shape index (κ3) is 2.63. The minimum absolute atomic E-state index is 0.175. The third-order valence-electron chi connectivity index (χ3n) is 1.81. The average molecular weight is 151 g/mol. The molecule has 0 N–H and O–H groups in total. The Bertz CT molecular complexity index is 199. The molecule has 0 bridgehead atoms. The van der Waals surface area contributed by atoms with Crippen molar-refractivity contribution in [2.24, 2.45) is 0 Å². The predicted molar refractivity (Wildman–Crippen MR) is 43.9 cm³/mol. The summed E-state index contributed by atoms with van der Waals surface area (Å²) in [7, 11) is 0. The van der Waals surface area contributed by atoms with Crippen molar-refractivity contribution in [2.45, 2.75) is 26.2 Å². The van der Waals surface area contributed by atoms with Gasteiger partial charge in [0.15, 0.2) is 0 Å². The molecule has 0 unspecified atom stereocenters. The fourth-order valence-corrected chi connectivity index (χ4v) is 1.15. The van der Waals surface area contributed by atoms with Crippen LogP contribution in [0.4, 0.5) is 0 Å². The van der Waals surface area contributed by atoms with E-state index in [9.17, 15) is 4.79 Å². The smallest absolute Gasteiger partial charge is 0.219 e. The molecule has 1 heterocycles. The van der Waals surface area contributed by atoms with Crippen molar-refractivity contribution < 1.29 is 4.79 Å². The van der Waals surface area contributed by atoms with Crippen LogP contribution in [0.2, 0.25) is 0 Å². The van der Waals surface area contributed by atoms with E-state index in [2.05, 4.69) is 11.8 Å². The highest BCUT2D eigenvalue weighted by Crippen LogP contribution is 1.99. The van der Waals surface area contributed by atoms with Gasteiger partial charge >= 0.3 is 0 Å². The zero-order valence-electron chi connectivity index (χ0n) is 6.89. The molecule has 0 spiro atoms.